The second-order valence-corrected chi connectivity index (χ2v) is 5.99. The minimum absolute atomic E-state index is 0.168. The highest BCUT2D eigenvalue weighted by molar-refractivity contribution is 5.16. The van der Waals surface area contributed by atoms with Gasteiger partial charge in [0.25, 0.3) is 0 Å². The van der Waals surface area contributed by atoms with Gasteiger partial charge >= 0.3 is 0 Å². The predicted molar refractivity (Wildman–Crippen MR) is 74.4 cm³/mol. The van der Waals surface area contributed by atoms with Gasteiger partial charge in [0.1, 0.15) is 5.82 Å². The summed E-state index contributed by atoms with van der Waals surface area (Å²) in [5.74, 6) is -0.168. The molecule has 0 aliphatic carbocycles. The maximum absolute atomic E-state index is 13.1. The van der Waals surface area contributed by atoms with E-state index in [1.807, 2.05) is 19.9 Å². The van der Waals surface area contributed by atoms with E-state index in [4.69, 9.17) is 0 Å². The van der Waals surface area contributed by atoms with Crippen molar-refractivity contribution < 1.29 is 9.50 Å². The highest BCUT2D eigenvalue weighted by Gasteiger charge is 2.22. The van der Waals surface area contributed by atoms with Gasteiger partial charge in [-0.3, -0.25) is 9.80 Å². The Hall–Kier alpha value is -0.970. The fourth-order valence-electron chi connectivity index (χ4n) is 2.55. The molecule has 0 radical (unpaired) electrons. The van der Waals surface area contributed by atoms with Gasteiger partial charge in [0.2, 0.25) is 0 Å². The Bertz CT molecular complexity index is 409. The molecule has 0 spiro atoms. The molecule has 1 aliphatic heterocycles. The van der Waals surface area contributed by atoms with Crippen LogP contribution >= 0.6 is 0 Å². The second-order valence-electron chi connectivity index (χ2n) is 5.99. The van der Waals surface area contributed by atoms with Crippen LogP contribution in [0.2, 0.25) is 0 Å². The van der Waals surface area contributed by atoms with Crippen molar-refractivity contribution in [2.45, 2.75) is 26.0 Å². The quantitative estimate of drug-likeness (QED) is 0.899. The molecule has 2 rings (SSSR count). The first-order valence-corrected chi connectivity index (χ1v) is 6.84. The van der Waals surface area contributed by atoms with Crippen molar-refractivity contribution in [2.75, 3.05) is 32.7 Å². The SMILES string of the molecule is CC(C)(O)CN1CCN(Cc2cccc(F)c2)CC1. The van der Waals surface area contributed by atoms with Crippen LogP contribution in [-0.2, 0) is 6.54 Å². The van der Waals surface area contributed by atoms with Crippen LogP contribution in [0.3, 0.4) is 0 Å². The van der Waals surface area contributed by atoms with E-state index in [-0.39, 0.29) is 5.82 Å². The van der Waals surface area contributed by atoms with Crippen LogP contribution in [0, 0.1) is 5.82 Å². The zero-order valence-electron chi connectivity index (χ0n) is 11.8. The summed E-state index contributed by atoms with van der Waals surface area (Å²) in [6.07, 6.45) is 0. The number of piperazine rings is 1. The Balaban J connectivity index is 1.80. The van der Waals surface area contributed by atoms with Crippen molar-refractivity contribution >= 4 is 0 Å². The second kappa shape index (κ2) is 5.99. The van der Waals surface area contributed by atoms with E-state index in [2.05, 4.69) is 9.80 Å². The van der Waals surface area contributed by atoms with Crippen LogP contribution in [0.4, 0.5) is 4.39 Å². The molecule has 0 bridgehead atoms. The van der Waals surface area contributed by atoms with E-state index in [1.54, 1.807) is 12.1 Å². The fraction of sp³-hybridized carbons (Fsp3) is 0.600. The lowest BCUT2D eigenvalue weighted by atomic mass is 10.1. The lowest BCUT2D eigenvalue weighted by Crippen LogP contribution is -2.50. The van der Waals surface area contributed by atoms with Crippen molar-refractivity contribution in [3.63, 3.8) is 0 Å². The van der Waals surface area contributed by atoms with Crippen molar-refractivity contribution in [3.05, 3.63) is 35.6 Å². The molecule has 0 unspecified atom stereocenters. The monoisotopic (exact) mass is 266 g/mol. The van der Waals surface area contributed by atoms with E-state index < -0.39 is 5.60 Å². The average Bonchev–Trinajstić information content (AvgIpc) is 2.30. The number of hydrogen-bond donors (Lipinski definition) is 1. The third-order valence-electron chi connectivity index (χ3n) is 3.37. The summed E-state index contributed by atoms with van der Waals surface area (Å²) >= 11 is 0. The molecule has 106 valence electrons. The smallest absolute Gasteiger partial charge is 0.123 e. The molecule has 1 aromatic rings. The third-order valence-corrected chi connectivity index (χ3v) is 3.37. The van der Waals surface area contributed by atoms with E-state index >= 15 is 0 Å². The lowest BCUT2D eigenvalue weighted by Gasteiger charge is -2.37. The van der Waals surface area contributed by atoms with Gasteiger partial charge in [-0.15, -0.1) is 0 Å². The number of β-amino-alcohol motifs (C(OH)–C–C–N with tert-alkyl or cyclic N) is 1. The first-order chi connectivity index (χ1) is 8.92. The Morgan fingerprint density at radius 2 is 1.79 bits per heavy atom. The molecule has 0 atom stereocenters. The molecule has 0 saturated carbocycles. The topological polar surface area (TPSA) is 26.7 Å². The molecular formula is C15H23FN2O. The van der Waals surface area contributed by atoms with Gasteiger partial charge in [-0.25, -0.2) is 4.39 Å². The van der Waals surface area contributed by atoms with Crippen LogP contribution in [0.5, 0.6) is 0 Å². The summed E-state index contributed by atoms with van der Waals surface area (Å²) in [6, 6.07) is 6.80. The zero-order valence-corrected chi connectivity index (χ0v) is 11.8. The molecule has 3 nitrogen and oxygen atoms in total. The molecule has 1 heterocycles. The molecule has 4 heteroatoms. The number of hydrogen-bond acceptors (Lipinski definition) is 3. The highest BCUT2D eigenvalue weighted by Crippen LogP contribution is 2.12. The van der Waals surface area contributed by atoms with Crippen molar-refractivity contribution in [1.82, 2.24) is 9.80 Å². The summed E-state index contributed by atoms with van der Waals surface area (Å²) in [5.41, 5.74) is 0.390. The van der Waals surface area contributed by atoms with Gasteiger partial charge in [-0.1, -0.05) is 12.1 Å². The van der Waals surface area contributed by atoms with Gasteiger partial charge in [0.05, 0.1) is 5.60 Å². The Morgan fingerprint density at radius 3 is 2.37 bits per heavy atom. The van der Waals surface area contributed by atoms with Crippen molar-refractivity contribution in [3.8, 4) is 0 Å². The minimum atomic E-state index is -0.634. The molecule has 0 aromatic heterocycles. The van der Waals surface area contributed by atoms with Crippen LogP contribution < -0.4 is 0 Å². The standard InChI is InChI=1S/C15H23FN2O/c1-15(2,19)12-18-8-6-17(7-9-18)11-13-4-3-5-14(16)10-13/h3-5,10,19H,6-9,11-12H2,1-2H3. The predicted octanol–water partition coefficient (Wildman–Crippen LogP) is 1.71. The van der Waals surface area contributed by atoms with E-state index in [1.165, 1.54) is 6.07 Å². The number of nitrogens with zero attached hydrogens (tertiary/aromatic N) is 2. The molecular weight excluding hydrogens is 243 g/mol. The van der Waals surface area contributed by atoms with E-state index in [0.29, 0.717) is 6.54 Å². The van der Waals surface area contributed by atoms with E-state index in [9.17, 15) is 9.50 Å². The molecule has 0 amide bonds. The molecule has 1 aliphatic rings. The first-order valence-electron chi connectivity index (χ1n) is 6.84. The highest BCUT2D eigenvalue weighted by atomic mass is 19.1. The summed E-state index contributed by atoms with van der Waals surface area (Å²) in [4.78, 5) is 4.61. The summed E-state index contributed by atoms with van der Waals surface area (Å²) < 4.78 is 13.1. The van der Waals surface area contributed by atoms with Gasteiger partial charge in [0, 0.05) is 39.3 Å². The van der Waals surface area contributed by atoms with Crippen LogP contribution in [0.15, 0.2) is 24.3 Å². The van der Waals surface area contributed by atoms with Crippen molar-refractivity contribution in [1.29, 1.82) is 0 Å². The first kappa shape index (κ1) is 14.4. The van der Waals surface area contributed by atoms with Crippen LogP contribution in [0.25, 0.3) is 0 Å². The number of benzene rings is 1. The number of rotatable bonds is 4. The third kappa shape index (κ3) is 4.90. The average molecular weight is 266 g/mol. The Labute approximate surface area is 114 Å². The Kier molecular flexibility index (Phi) is 4.55. The van der Waals surface area contributed by atoms with Crippen LogP contribution in [0.1, 0.15) is 19.4 Å². The largest absolute Gasteiger partial charge is 0.389 e. The molecule has 1 saturated heterocycles. The summed E-state index contributed by atoms with van der Waals surface area (Å²) in [6.45, 7) is 9.03. The summed E-state index contributed by atoms with van der Waals surface area (Å²) in [5, 5.41) is 9.80. The maximum atomic E-state index is 13.1. The van der Waals surface area contributed by atoms with Gasteiger partial charge in [-0.2, -0.15) is 0 Å². The minimum Gasteiger partial charge on any atom is -0.389 e. The normalized spacial score (nSPS) is 18.7. The number of aliphatic hydroxyl groups is 1. The number of halogens is 1. The van der Waals surface area contributed by atoms with Crippen molar-refractivity contribution in [2.24, 2.45) is 0 Å². The zero-order chi connectivity index (χ0) is 13.9. The maximum Gasteiger partial charge on any atom is 0.123 e. The van der Waals surface area contributed by atoms with Gasteiger partial charge in [-0.05, 0) is 31.5 Å². The lowest BCUT2D eigenvalue weighted by molar-refractivity contribution is 0.0166. The molecule has 1 fully saturated rings. The fourth-order valence-corrected chi connectivity index (χ4v) is 2.55. The summed E-state index contributed by atoms with van der Waals surface area (Å²) in [7, 11) is 0. The van der Waals surface area contributed by atoms with Gasteiger partial charge < -0.3 is 5.11 Å². The molecule has 1 N–H and O–H groups in total. The Morgan fingerprint density at radius 1 is 1.16 bits per heavy atom. The molecule has 19 heavy (non-hydrogen) atoms. The van der Waals surface area contributed by atoms with Crippen LogP contribution in [-0.4, -0.2) is 53.2 Å². The van der Waals surface area contributed by atoms with E-state index in [0.717, 1.165) is 38.3 Å². The molecule has 1 aromatic carbocycles. The van der Waals surface area contributed by atoms with Gasteiger partial charge in [0.15, 0.2) is 0 Å².